The largest absolute Gasteiger partial charge is 0.0654 e. The Morgan fingerprint density at radius 2 is 1.45 bits per heavy atom. The molecule has 0 aliphatic carbocycles. The molecule has 0 spiro atoms. The van der Waals surface area contributed by atoms with Crippen LogP contribution in [0.25, 0.3) is 0 Å². The molecule has 2 radical (unpaired) electrons. The Balaban J connectivity index is 2.69. The van der Waals surface area contributed by atoms with Gasteiger partial charge in [-0.25, -0.2) is 0 Å². The molecule has 0 aromatic carbocycles. The molecule has 0 fully saturated rings. The van der Waals surface area contributed by atoms with Crippen LogP contribution in [0.5, 0.6) is 0 Å². The topological polar surface area (TPSA) is 0 Å². The van der Waals surface area contributed by atoms with Crippen molar-refractivity contribution < 1.29 is 0 Å². The first-order chi connectivity index (χ1) is 5.41. The van der Waals surface area contributed by atoms with Gasteiger partial charge in [0.05, 0.1) is 0 Å². The van der Waals surface area contributed by atoms with Gasteiger partial charge in [0.2, 0.25) is 0 Å². The first-order valence-electron chi connectivity index (χ1n) is 4.75. The fraction of sp³-hybridized carbons (Fsp3) is 1.00. The predicted octanol–water partition coefficient (Wildman–Crippen LogP) is 4.78. The molecule has 66 valence electrons. The average molecular weight is 190 g/mol. The molecule has 0 unspecified atom stereocenters. The van der Waals surface area contributed by atoms with E-state index in [2.05, 4.69) is 13.8 Å². The smallest absolute Gasteiger partial charge is 0.0242 e. The summed E-state index contributed by atoms with van der Waals surface area (Å²) in [6, 6.07) is 0. The SMILES string of the molecule is CCCCCC[P][P]CCC. The van der Waals surface area contributed by atoms with Crippen molar-refractivity contribution in [2.24, 2.45) is 0 Å². The third-order valence-electron chi connectivity index (χ3n) is 1.54. The Bertz CT molecular complexity index is 56.6. The van der Waals surface area contributed by atoms with E-state index in [0.29, 0.717) is 0 Å². The second kappa shape index (κ2) is 10.9. The van der Waals surface area contributed by atoms with Crippen molar-refractivity contribution in [1.29, 1.82) is 0 Å². The lowest BCUT2D eigenvalue weighted by atomic mass is 10.2. The third-order valence-corrected chi connectivity index (χ3v) is 4.70. The van der Waals surface area contributed by atoms with Crippen LogP contribution in [0.1, 0.15) is 46.0 Å². The lowest BCUT2D eigenvalue weighted by molar-refractivity contribution is 0.706. The van der Waals surface area contributed by atoms with Crippen LogP contribution in [0.4, 0.5) is 0 Å². The van der Waals surface area contributed by atoms with Gasteiger partial charge in [0.15, 0.2) is 0 Å². The molecule has 0 aliphatic heterocycles. The lowest BCUT2D eigenvalue weighted by Crippen LogP contribution is -1.76. The zero-order valence-electron chi connectivity index (χ0n) is 7.84. The van der Waals surface area contributed by atoms with Crippen molar-refractivity contribution >= 4 is 16.5 Å². The fourth-order valence-electron chi connectivity index (χ4n) is 0.851. The lowest BCUT2D eigenvalue weighted by Gasteiger charge is -1.97. The zero-order chi connectivity index (χ0) is 8.36. The summed E-state index contributed by atoms with van der Waals surface area (Å²) in [5, 5.41) is 0. The zero-order valence-corrected chi connectivity index (χ0v) is 9.63. The Morgan fingerprint density at radius 1 is 0.727 bits per heavy atom. The molecule has 0 aliphatic rings. The molecule has 0 saturated carbocycles. The summed E-state index contributed by atoms with van der Waals surface area (Å²) >= 11 is 0. The molecular weight excluding hydrogens is 170 g/mol. The van der Waals surface area contributed by atoms with Gasteiger partial charge in [-0.15, -0.1) is 0 Å². The summed E-state index contributed by atoms with van der Waals surface area (Å²) in [4.78, 5) is 0. The van der Waals surface area contributed by atoms with Crippen molar-refractivity contribution in [2.75, 3.05) is 12.3 Å². The van der Waals surface area contributed by atoms with Gasteiger partial charge in [-0.2, -0.15) is 0 Å². The molecule has 0 atom stereocenters. The van der Waals surface area contributed by atoms with Crippen LogP contribution < -0.4 is 0 Å². The summed E-state index contributed by atoms with van der Waals surface area (Å²) in [6.45, 7) is 4.53. The van der Waals surface area contributed by atoms with Gasteiger partial charge in [-0.3, -0.25) is 0 Å². The van der Waals surface area contributed by atoms with Crippen LogP contribution in [0, 0.1) is 0 Å². The van der Waals surface area contributed by atoms with Gasteiger partial charge in [0.1, 0.15) is 0 Å². The molecule has 0 N–H and O–H groups in total. The average Bonchev–Trinajstić information content (AvgIpc) is 2.03. The summed E-state index contributed by atoms with van der Waals surface area (Å²) in [6.07, 6.45) is 9.88. The van der Waals surface area contributed by atoms with E-state index >= 15 is 0 Å². The van der Waals surface area contributed by atoms with Crippen LogP contribution in [0.2, 0.25) is 0 Å². The Labute approximate surface area is 75.4 Å². The highest BCUT2D eigenvalue weighted by atomic mass is 32.0. The van der Waals surface area contributed by atoms with Gasteiger partial charge in [0, 0.05) is 0 Å². The molecule has 0 saturated heterocycles. The maximum Gasteiger partial charge on any atom is -0.0242 e. The maximum absolute atomic E-state index is 2.27. The van der Waals surface area contributed by atoms with E-state index in [9.17, 15) is 0 Å². The van der Waals surface area contributed by atoms with Crippen molar-refractivity contribution in [3.8, 4) is 0 Å². The van der Waals surface area contributed by atoms with Crippen LogP contribution in [-0.2, 0) is 0 Å². The second-order valence-electron chi connectivity index (χ2n) is 2.79. The van der Waals surface area contributed by atoms with E-state index in [1.807, 2.05) is 0 Å². The van der Waals surface area contributed by atoms with E-state index in [1.54, 1.807) is 16.5 Å². The molecule has 0 bridgehead atoms. The van der Waals surface area contributed by atoms with E-state index in [4.69, 9.17) is 0 Å². The predicted molar refractivity (Wildman–Crippen MR) is 58.0 cm³/mol. The molecular formula is C9H20P2. The molecule has 2 heteroatoms. The second-order valence-corrected chi connectivity index (χ2v) is 5.95. The number of hydrogen-bond acceptors (Lipinski definition) is 0. The molecule has 11 heavy (non-hydrogen) atoms. The Morgan fingerprint density at radius 3 is 2.09 bits per heavy atom. The van der Waals surface area contributed by atoms with Gasteiger partial charge in [-0.1, -0.05) is 39.5 Å². The minimum Gasteiger partial charge on any atom is -0.0654 e. The van der Waals surface area contributed by atoms with Crippen molar-refractivity contribution in [3.63, 3.8) is 0 Å². The molecule has 0 heterocycles. The third kappa shape index (κ3) is 10.9. The first-order valence-corrected chi connectivity index (χ1v) is 7.61. The van der Waals surface area contributed by atoms with Crippen LogP contribution in [-0.4, -0.2) is 12.3 Å². The molecule has 0 nitrogen and oxygen atoms in total. The van der Waals surface area contributed by atoms with Crippen molar-refractivity contribution in [2.45, 2.75) is 46.0 Å². The van der Waals surface area contributed by atoms with E-state index in [0.717, 1.165) is 0 Å². The fourth-order valence-corrected chi connectivity index (χ4v) is 3.57. The normalized spacial score (nSPS) is 12.5. The van der Waals surface area contributed by atoms with Gasteiger partial charge in [0.25, 0.3) is 0 Å². The Hall–Kier alpha value is 0.860. The van der Waals surface area contributed by atoms with E-state index in [-0.39, 0.29) is 0 Å². The number of rotatable bonds is 8. The quantitative estimate of drug-likeness (QED) is 0.381. The number of hydrogen-bond donors (Lipinski definition) is 0. The standard InChI is InChI=1S/C9H20P2/c1-3-5-6-7-9-11-10-8-4-2/h3-9H2,1-2H3. The van der Waals surface area contributed by atoms with Crippen LogP contribution >= 0.6 is 16.5 Å². The molecule has 0 aromatic rings. The van der Waals surface area contributed by atoms with Crippen molar-refractivity contribution in [3.05, 3.63) is 0 Å². The first kappa shape index (κ1) is 11.9. The molecule has 0 aromatic heterocycles. The summed E-state index contributed by atoms with van der Waals surface area (Å²) in [7, 11) is 3.31. The highest BCUT2D eigenvalue weighted by molar-refractivity contribution is 8.11. The van der Waals surface area contributed by atoms with Crippen LogP contribution in [0.3, 0.4) is 0 Å². The Kier molecular flexibility index (Phi) is 11.7. The van der Waals surface area contributed by atoms with E-state index < -0.39 is 0 Å². The molecule has 0 rings (SSSR count). The highest BCUT2D eigenvalue weighted by Gasteiger charge is 1.90. The summed E-state index contributed by atoms with van der Waals surface area (Å²) in [5.41, 5.74) is 0. The minimum absolute atomic E-state index is 1.35. The molecule has 0 amide bonds. The van der Waals surface area contributed by atoms with Gasteiger partial charge >= 0.3 is 0 Å². The maximum atomic E-state index is 2.27. The summed E-state index contributed by atoms with van der Waals surface area (Å²) in [5.74, 6) is 0. The van der Waals surface area contributed by atoms with Gasteiger partial charge in [-0.05, 0) is 35.3 Å². The van der Waals surface area contributed by atoms with Crippen molar-refractivity contribution in [1.82, 2.24) is 0 Å². The highest BCUT2D eigenvalue weighted by Crippen LogP contribution is 2.37. The summed E-state index contributed by atoms with van der Waals surface area (Å²) < 4.78 is 0. The van der Waals surface area contributed by atoms with Crippen LogP contribution in [0.15, 0.2) is 0 Å². The minimum atomic E-state index is 1.35. The van der Waals surface area contributed by atoms with E-state index in [1.165, 1.54) is 44.4 Å². The van der Waals surface area contributed by atoms with Gasteiger partial charge < -0.3 is 0 Å². The monoisotopic (exact) mass is 190 g/mol. The number of unbranched alkanes of at least 4 members (excludes halogenated alkanes) is 3.